The summed E-state index contributed by atoms with van der Waals surface area (Å²) in [4.78, 5) is 22.8. The highest BCUT2D eigenvalue weighted by atomic mass is 32.2. The predicted octanol–water partition coefficient (Wildman–Crippen LogP) is 3.88. The van der Waals surface area contributed by atoms with Crippen LogP contribution in [0.4, 0.5) is 0 Å². The first-order chi connectivity index (χ1) is 12.1. The Labute approximate surface area is 156 Å². The van der Waals surface area contributed by atoms with Gasteiger partial charge in [0.2, 0.25) is 0 Å². The summed E-state index contributed by atoms with van der Waals surface area (Å²) in [7, 11) is 1.39. The van der Waals surface area contributed by atoms with E-state index in [1.54, 1.807) is 18.7 Å². The maximum absolute atomic E-state index is 11.4. The summed E-state index contributed by atoms with van der Waals surface area (Å²) < 4.78 is 9.58. The monoisotopic (exact) mass is 374 g/mol. The molecule has 6 heteroatoms. The topological polar surface area (TPSA) is 72.8 Å². The molecule has 0 aromatic rings. The Balaban J connectivity index is 4.00. The lowest BCUT2D eigenvalue weighted by atomic mass is 10.1. The smallest absolute Gasteiger partial charge is 0.330 e. The van der Waals surface area contributed by atoms with Crippen molar-refractivity contribution in [3.63, 3.8) is 0 Å². The van der Waals surface area contributed by atoms with Crippen LogP contribution in [0.15, 0.2) is 12.2 Å². The summed E-state index contributed by atoms with van der Waals surface area (Å²) in [5.41, 5.74) is 0. The Morgan fingerprint density at radius 3 is 2.32 bits per heavy atom. The Kier molecular flexibility index (Phi) is 17.1. The molecule has 0 aliphatic rings. The second-order valence-electron chi connectivity index (χ2n) is 5.83. The van der Waals surface area contributed by atoms with Gasteiger partial charge in [-0.1, -0.05) is 38.2 Å². The van der Waals surface area contributed by atoms with Crippen LogP contribution < -0.4 is 0 Å². The molecule has 0 heterocycles. The van der Waals surface area contributed by atoms with Crippen molar-refractivity contribution in [2.24, 2.45) is 0 Å². The largest absolute Gasteiger partial charge is 0.469 e. The van der Waals surface area contributed by atoms with Crippen LogP contribution >= 0.6 is 11.8 Å². The number of aliphatic hydroxyl groups excluding tert-OH is 1. The normalized spacial score (nSPS) is 12.3. The molecular weight excluding hydrogens is 340 g/mol. The number of rotatable bonds is 16. The van der Waals surface area contributed by atoms with Crippen LogP contribution in [0.1, 0.15) is 64.7 Å². The zero-order valence-corrected chi connectivity index (χ0v) is 16.5. The van der Waals surface area contributed by atoms with E-state index in [1.165, 1.54) is 38.9 Å². The highest BCUT2D eigenvalue weighted by molar-refractivity contribution is 8.00. The van der Waals surface area contributed by atoms with E-state index in [-0.39, 0.29) is 17.2 Å². The summed E-state index contributed by atoms with van der Waals surface area (Å²) in [5, 5.41) is 8.85. The third-order valence-electron chi connectivity index (χ3n) is 3.73. The molecule has 1 N–H and O–H groups in total. The highest BCUT2D eigenvalue weighted by Crippen LogP contribution is 2.21. The molecule has 0 saturated carbocycles. The van der Waals surface area contributed by atoms with Crippen LogP contribution in [0.2, 0.25) is 0 Å². The third-order valence-corrected chi connectivity index (χ3v) is 5.07. The van der Waals surface area contributed by atoms with E-state index in [1.807, 2.05) is 6.08 Å². The zero-order chi connectivity index (χ0) is 18.8. The quantitative estimate of drug-likeness (QED) is 0.251. The van der Waals surface area contributed by atoms with E-state index in [0.717, 1.165) is 25.0 Å². The standard InChI is InChI=1S/C19H34O5S/c1-3-24-19(22)14-12-17(11-13-18(21)23-2)25-16-10-8-6-4-5-7-9-15-20/h12,14,17,20H,3-11,13,15-16H2,1-2H3/b14-12+/t17-/m1/s1. The van der Waals surface area contributed by atoms with Crippen LogP contribution in [-0.4, -0.2) is 48.4 Å². The van der Waals surface area contributed by atoms with Crippen molar-refractivity contribution in [3.05, 3.63) is 12.2 Å². The predicted molar refractivity (Wildman–Crippen MR) is 103 cm³/mol. The van der Waals surface area contributed by atoms with Gasteiger partial charge in [-0.25, -0.2) is 4.79 Å². The van der Waals surface area contributed by atoms with Crippen molar-refractivity contribution in [3.8, 4) is 0 Å². The van der Waals surface area contributed by atoms with E-state index in [0.29, 0.717) is 26.1 Å². The molecule has 146 valence electrons. The lowest BCUT2D eigenvalue weighted by molar-refractivity contribution is -0.140. The summed E-state index contributed by atoms with van der Waals surface area (Å²) >= 11 is 1.77. The first-order valence-electron chi connectivity index (χ1n) is 9.28. The first-order valence-corrected chi connectivity index (χ1v) is 10.3. The second kappa shape index (κ2) is 17.8. The molecule has 0 spiro atoms. The summed E-state index contributed by atoms with van der Waals surface area (Å²) in [6.45, 7) is 2.43. The van der Waals surface area contributed by atoms with Gasteiger partial charge in [-0.15, -0.1) is 0 Å². The van der Waals surface area contributed by atoms with E-state index < -0.39 is 0 Å². The number of thioether (sulfide) groups is 1. The van der Waals surface area contributed by atoms with Gasteiger partial charge in [0.05, 0.1) is 13.7 Å². The van der Waals surface area contributed by atoms with E-state index in [2.05, 4.69) is 4.74 Å². The first kappa shape index (κ1) is 24.0. The van der Waals surface area contributed by atoms with Crippen molar-refractivity contribution >= 4 is 23.7 Å². The Morgan fingerprint density at radius 1 is 1.08 bits per heavy atom. The van der Waals surface area contributed by atoms with Crippen molar-refractivity contribution in [2.75, 3.05) is 26.1 Å². The molecule has 1 atom stereocenters. The third kappa shape index (κ3) is 16.2. The molecule has 0 aromatic carbocycles. The molecule has 0 saturated heterocycles. The minimum Gasteiger partial charge on any atom is -0.469 e. The van der Waals surface area contributed by atoms with E-state index >= 15 is 0 Å². The Hall–Kier alpha value is -1.01. The number of ether oxygens (including phenoxy) is 2. The van der Waals surface area contributed by atoms with Crippen molar-refractivity contribution in [1.82, 2.24) is 0 Å². The Morgan fingerprint density at radius 2 is 1.72 bits per heavy atom. The minimum absolute atomic E-state index is 0.119. The van der Waals surface area contributed by atoms with Gasteiger partial charge in [0.25, 0.3) is 0 Å². The molecule has 5 nitrogen and oxygen atoms in total. The average Bonchev–Trinajstić information content (AvgIpc) is 2.61. The minimum atomic E-state index is -0.339. The number of aliphatic hydroxyl groups is 1. The number of esters is 2. The van der Waals surface area contributed by atoms with Crippen molar-refractivity contribution < 1.29 is 24.2 Å². The van der Waals surface area contributed by atoms with Gasteiger partial charge in [0.1, 0.15) is 0 Å². The molecule has 0 bridgehead atoms. The summed E-state index contributed by atoms with van der Waals surface area (Å²) in [5.74, 6) is 0.447. The van der Waals surface area contributed by atoms with Crippen molar-refractivity contribution in [2.45, 2.75) is 70.0 Å². The fraction of sp³-hybridized carbons (Fsp3) is 0.789. The van der Waals surface area contributed by atoms with Gasteiger partial charge in [0.15, 0.2) is 0 Å². The second-order valence-corrected chi connectivity index (χ2v) is 7.18. The fourth-order valence-electron chi connectivity index (χ4n) is 2.31. The number of hydrogen-bond acceptors (Lipinski definition) is 6. The molecule has 25 heavy (non-hydrogen) atoms. The van der Waals surface area contributed by atoms with Gasteiger partial charge >= 0.3 is 11.9 Å². The zero-order valence-electron chi connectivity index (χ0n) is 15.7. The van der Waals surface area contributed by atoms with Gasteiger partial charge < -0.3 is 14.6 Å². The average molecular weight is 375 g/mol. The number of carbonyl (C=O) groups excluding carboxylic acids is 2. The lowest BCUT2D eigenvalue weighted by Gasteiger charge is -2.12. The summed E-state index contributed by atoms with van der Waals surface area (Å²) in [6.07, 6.45) is 12.3. The maximum Gasteiger partial charge on any atom is 0.330 e. The molecule has 0 radical (unpaired) electrons. The van der Waals surface area contributed by atoms with Crippen LogP contribution in [0.25, 0.3) is 0 Å². The molecule has 0 rings (SSSR count). The number of hydrogen-bond donors (Lipinski definition) is 1. The lowest BCUT2D eigenvalue weighted by Crippen LogP contribution is -2.08. The molecule has 0 aromatic heterocycles. The van der Waals surface area contributed by atoms with Crippen molar-refractivity contribution in [1.29, 1.82) is 0 Å². The van der Waals surface area contributed by atoms with E-state index in [9.17, 15) is 9.59 Å². The maximum atomic E-state index is 11.4. The fourth-order valence-corrected chi connectivity index (χ4v) is 3.45. The molecule has 0 aliphatic carbocycles. The van der Waals surface area contributed by atoms with Gasteiger partial charge in [0, 0.05) is 24.4 Å². The number of carbonyl (C=O) groups is 2. The molecule has 0 amide bonds. The van der Waals surface area contributed by atoms with Gasteiger partial charge in [-0.05, 0) is 31.9 Å². The van der Waals surface area contributed by atoms with E-state index in [4.69, 9.17) is 9.84 Å². The Bertz CT molecular complexity index is 371. The molecule has 0 fully saturated rings. The molecule has 0 unspecified atom stereocenters. The SMILES string of the molecule is CCOC(=O)/C=C/[C@@H](CCC(=O)OC)SCCCCCCCCCO. The van der Waals surface area contributed by atoms with Crippen LogP contribution in [0.5, 0.6) is 0 Å². The highest BCUT2D eigenvalue weighted by Gasteiger charge is 2.10. The number of unbranched alkanes of at least 4 members (excludes halogenated alkanes) is 6. The van der Waals surface area contributed by atoms with Crippen LogP contribution in [0.3, 0.4) is 0 Å². The van der Waals surface area contributed by atoms with Gasteiger partial charge in [-0.3, -0.25) is 4.79 Å². The molecule has 0 aliphatic heterocycles. The number of methoxy groups -OCH3 is 1. The summed E-state index contributed by atoms with van der Waals surface area (Å²) in [6, 6.07) is 0. The van der Waals surface area contributed by atoms with Crippen LogP contribution in [0, 0.1) is 0 Å². The van der Waals surface area contributed by atoms with Gasteiger partial charge in [-0.2, -0.15) is 11.8 Å². The van der Waals surface area contributed by atoms with Crippen LogP contribution in [-0.2, 0) is 19.1 Å². The molecular formula is C19H34O5S.